The van der Waals surface area contributed by atoms with Crippen LogP contribution < -0.4 is 0 Å². The summed E-state index contributed by atoms with van der Waals surface area (Å²) in [5.74, 6) is 5.38. The van der Waals surface area contributed by atoms with Crippen LogP contribution in [0.25, 0.3) is 0 Å². The van der Waals surface area contributed by atoms with Crippen LogP contribution in [0, 0.1) is 40.4 Å². The highest BCUT2D eigenvalue weighted by Crippen LogP contribution is 2.67. The van der Waals surface area contributed by atoms with Gasteiger partial charge in [0.25, 0.3) is 0 Å². The van der Waals surface area contributed by atoms with Crippen LogP contribution in [0.3, 0.4) is 0 Å². The van der Waals surface area contributed by atoms with E-state index >= 15 is 0 Å². The molecule has 0 bridgehead atoms. The van der Waals surface area contributed by atoms with Crippen molar-refractivity contribution in [1.82, 2.24) is 0 Å². The monoisotopic (exact) mass is 362 g/mol. The van der Waals surface area contributed by atoms with Gasteiger partial charge in [0.15, 0.2) is 0 Å². The van der Waals surface area contributed by atoms with Crippen molar-refractivity contribution in [1.29, 1.82) is 0 Å². The van der Waals surface area contributed by atoms with Crippen LogP contribution in [0.4, 0.5) is 0 Å². The van der Waals surface area contributed by atoms with Gasteiger partial charge in [-0.15, -0.1) is 0 Å². The summed E-state index contributed by atoms with van der Waals surface area (Å²) >= 11 is 0. The molecule has 4 saturated carbocycles. The van der Waals surface area contributed by atoms with Crippen LogP contribution in [0.15, 0.2) is 0 Å². The van der Waals surface area contributed by atoms with E-state index in [2.05, 4.69) is 20.8 Å². The molecule has 0 nitrogen and oxygen atoms in total. The summed E-state index contributed by atoms with van der Waals surface area (Å²) in [6.07, 6.45) is 18.5. The zero-order valence-corrected chi connectivity index (χ0v) is 19.4. The molecule has 0 aromatic carbocycles. The molecule has 0 aromatic rings. The fourth-order valence-electron chi connectivity index (χ4n) is 8.01. The average molecular weight is 363 g/mol. The highest BCUT2D eigenvalue weighted by molar-refractivity contribution is 5.07. The van der Waals surface area contributed by atoms with Crippen LogP contribution in [-0.4, -0.2) is 0 Å². The van der Waals surface area contributed by atoms with Crippen molar-refractivity contribution in [2.75, 3.05) is 0 Å². The molecule has 0 N–H and O–H groups in total. The van der Waals surface area contributed by atoms with Crippen molar-refractivity contribution >= 4 is 0 Å². The second-order valence-corrected chi connectivity index (χ2v) is 10.1. The fraction of sp³-hybridized carbons (Fsp3) is 1.00. The Morgan fingerprint density at radius 3 is 2.15 bits per heavy atom. The molecule has 6 unspecified atom stereocenters. The minimum atomic E-state index is 0.708. The van der Waals surface area contributed by atoms with Gasteiger partial charge >= 0.3 is 0 Å². The molecule has 7 atom stereocenters. The van der Waals surface area contributed by atoms with Crippen LogP contribution >= 0.6 is 0 Å². The normalized spacial score (nSPS) is 46.5. The predicted octanol–water partition coefficient (Wildman–Crippen LogP) is 8.89. The van der Waals surface area contributed by atoms with Crippen LogP contribution in [0.1, 0.15) is 126 Å². The largest absolute Gasteiger partial charge is 0.0683 e. The van der Waals surface area contributed by atoms with Gasteiger partial charge in [0.2, 0.25) is 0 Å². The van der Waals surface area contributed by atoms with E-state index in [-0.39, 0.29) is 0 Å². The summed E-state index contributed by atoms with van der Waals surface area (Å²) in [7, 11) is 0. The Labute approximate surface area is 166 Å². The number of hydrogen-bond acceptors (Lipinski definition) is 0. The van der Waals surface area contributed by atoms with E-state index in [9.17, 15) is 0 Å². The first-order valence-corrected chi connectivity index (χ1v) is 12.6. The quantitative estimate of drug-likeness (QED) is 0.460. The van der Waals surface area contributed by atoms with Crippen molar-refractivity contribution < 1.29 is 0 Å². The third kappa shape index (κ3) is 3.77. The second kappa shape index (κ2) is 9.47. The Bertz CT molecular complexity index is 412. The lowest BCUT2D eigenvalue weighted by molar-refractivity contribution is -0.106. The first kappa shape index (κ1) is 22.3. The van der Waals surface area contributed by atoms with E-state index in [0.717, 1.165) is 29.6 Å². The molecule has 4 fully saturated rings. The van der Waals surface area contributed by atoms with Gasteiger partial charge in [0, 0.05) is 0 Å². The summed E-state index contributed by atoms with van der Waals surface area (Å²) < 4.78 is 0. The lowest BCUT2D eigenvalue weighted by Crippen LogP contribution is -2.51. The lowest BCUT2D eigenvalue weighted by atomic mass is 9.45. The molecule has 4 aliphatic rings. The van der Waals surface area contributed by atoms with Crippen molar-refractivity contribution in [3.05, 3.63) is 0 Å². The topological polar surface area (TPSA) is 0 Å². The molecule has 4 rings (SSSR count). The standard InChI is InChI=1S/C22H38.2C2H6/c1-4-7-17-11-12-19-14-16-9-10-18-8-5-6-13-21(18,2)20(16)15-22(17,19)3;2*1-2/h16-20H,4-15H2,1-3H3;2*1-2H3/t16?,17?,18?,19-,20?,21?,22?;;/m1../s1. The highest BCUT2D eigenvalue weighted by atomic mass is 14.6. The number of rotatable bonds is 2. The first-order valence-electron chi connectivity index (χ1n) is 12.6. The van der Waals surface area contributed by atoms with Crippen molar-refractivity contribution in [2.45, 2.75) is 126 Å². The Morgan fingerprint density at radius 2 is 1.46 bits per heavy atom. The Kier molecular flexibility index (Phi) is 8.12. The maximum Gasteiger partial charge on any atom is -0.0266 e. The summed E-state index contributed by atoms with van der Waals surface area (Å²) in [4.78, 5) is 0. The molecule has 0 amide bonds. The van der Waals surface area contributed by atoms with Crippen LogP contribution in [0.5, 0.6) is 0 Å². The molecule has 0 aliphatic heterocycles. The van der Waals surface area contributed by atoms with E-state index in [1.807, 2.05) is 27.7 Å². The zero-order valence-electron chi connectivity index (χ0n) is 19.4. The van der Waals surface area contributed by atoms with E-state index in [1.165, 1.54) is 25.7 Å². The molecule has 26 heavy (non-hydrogen) atoms. The van der Waals surface area contributed by atoms with Gasteiger partial charge in [-0.25, -0.2) is 0 Å². The minimum Gasteiger partial charge on any atom is -0.0683 e. The molecule has 154 valence electrons. The van der Waals surface area contributed by atoms with Crippen molar-refractivity contribution in [3.8, 4) is 0 Å². The molecule has 0 spiro atoms. The summed E-state index contributed by atoms with van der Waals surface area (Å²) in [6, 6.07) is 0. The van der Waals surface area contributed by atoms with Gasteiger partial charge in [-0.1, -0.05) is 74.1 Å². The second-order valence-electron chi connectivity index (χ2n) is 10.1. The van der Waals surface area contributed by atoms with Gasteiger partial charge < -0.3 is 0 Å². The van der Waals surface area contributed by atoms with E-state index in [4.69, 9.17) is 0 Å². The van der Waals surface area contributed by atoms with E-state index in [0.29, 0.717) is 10.8 Å². The van der Waals surface area contributed by atoms with Crippen LogP contribution in [-0.2, 0) is 0 Å². The van der Waals surface area contributed by atoms with Gasteiger partial charge in [-0.05, 0) is 91.8 Å². The smallest absolute Gasteiger partial charge is 0.0266 e. The zero-order chi connectivity index (χ0) is 19.4. The predicted molar refractivity (Wildman–Crippen MR) is 117 cm³/mol. The van der Waals surface area contributed by atoms with E-state index < -0.39 is 0 Å². The molecular weight excluding hydrogens is 312 g/mol. The summed E-state index contributed by atoms with van der Waals surface area (Å²) in [5, 5.41) is 0. The van der Waals surface area contributed by atoms with Gasteiger partial charge in [0.1, 0.15) is 0 Å². The Morgan fingerprint density at radius 1 is 0.769 bits per heavy atom. The lowest BCUT2D eigenvalue weighted by Gasteiger charge is -2.60. The molecule has 0 aromatic heterocycles. The third-order valence-corrected chi connectivity index (χ3v) is 9.37. The van der Waals surface area contributed by atoms with Gasteiger partial charge in [-0.3, -0.25) is 0 Å². The molecule has 0 saturated heterocycles. The SMILES string of the molecule is CC.CC.CCCC1CC[C@@H]2CC3CCC4CCCCC4(C)C3CC12C. The maximum atomic E-state index is 2.72. The molecule has 0 radical (unpaired) electrons. The molecule has 0 heterocycles. The van der Waals surface area contributed by atoms with Crippen LogP contribution in [0.2, 0.25) is 0 Å². The maximum absolute atomic E-state index is 2.72. The number of hydrogen-bond donors (Lipinski definition) is 0. The van der Waals surface area contributed by atoms with E-state index in [1.54, 1.807) is 51.4 Å². The Balaban J connectivity index is 0.000000570. The summed E-state index contributed by atoms with van der Waals surface area (Å²) in [5.41, 5.74) is 1.42. The molecule has 0 heteroatoms. The highest BCUT2D eigenvalue weighted by Gasteiger charge is 2.58. The minimum absolute atomic E-state index is 0.708. The number of fused-ring (bicyclic) bond motifs is 4. The first-order chi connectivity index (χ1) is 12.6. The van der Waals surface area contributed by atoms with Gasteiger partial charge in [-0.2, -0.15) is 0 Å². The average Bonchev–Trinajstić information content (AvgIpc) is 2.99. The molecule has 4 aliphatic carbocycles. The summed E-state index contributed by atoms with van der Waals surface area (Å²) in [6.45, 7) is 15.8. The molecular formula is C26H50. The Hall–Kier alpha value is 0. The fourth-order valence-corrected chi connectivity index (χ4v) is 8.01. The van der Waals surface area contributed by atoms with Crippen molar-refractivity contribution in [3.63, 3.8) is 0 Å². The van der Waals surface area contributed by atoms with Crippen molar-refractivity contribution in [2.24, 2.45) is 40.4 Å². The third-order valence-electron chi connectivity index (χ3n) is 9.37. The van der Waals surface area contributed by atoms with Gasteiger partial charge in [0.05, 0.1) is 0 Å².